The minimum absolute atomic E-state index is 0.215. The van der Waals surface area contributed by atoms with Crippen LogP contribution >= 0.6 is 0 Å². The molecule has 0 bridgehead atoms. The van der Waals surface area contributed by atoms with Crippen LogP contribution in [-0.2, 0) is 4.74 Å². The molecular formula is C21H20N4O3. The number of aryl methyl sites for hydroxylation is 2. The Morgan fingerprint density at radius 2 is 1.75 bits per heavy atom. The van der Waals surface area contributed by atoms with E-state index in [1.165, 1.54) is 13.2 Å². The lowest BCUT2D eigenvalue weighted by molar-refractivity contribution is 0.0601. The Morgan fingerprint density at radius 3 is 2.50 bits per heavy atom. The first kappa shape index (κ1) is 19.0. The highest BCUT2D eigenvalue weighted by molar-refractivity contribution is 6.03. The average Bonchev–Trinajstić information content (AvgIpc) is 2.67. The van der Waals surface area contributed by atoms with Crippen molar-refractivity contribution < 1.29 is 14.3 Å². The number of para-hydroxylation sites is 1. The molecule has 0 aliphatic carbocycles. The number of carbonyl (C=O) groups is 2. The first-order valence-corrected chi connectivity index (χ1v) is 8.64. The summed E-state index contributed by atoms with van der Waals surface area (Å²) in [7, 11) is 1.32. The maximum atomic E-state index is 12.6. The number of esters is 1. The second-order valence-corrected chi connectivity index (χ2v) is 6.17. The smallest absolute Gasteiger partial charge is 0.339 e. The van der Waals surface area contributed by atoms with E-state index in [2.05, 4.69) is 20.6 Å². The zero-order valence-electron chi connectivity index (χ0n) is 15.8. The summed E-state index contributed by atoms with van der Waals surface area (Å²) in [6, 6.07) is 15.9. The number of ether oxygens (including phenoxy) is 1. The molecular weight excluding hydrogens is 356 g/mol. The van der Waals surface area contributed by atoms with Gasteiger partial charge in [0.15, 0.2) is 0 Å². The highest BCUT2D eigenvalue weighted by Gasteiger charge is 2.14. The SMILES string of the molecule is COC(=O)c1ccccc1Nc1cc(C(=O)Nc2cccc(C)c2)nc(C)n1. The zero-order chi connectivity index (χ0) is 20.1. The molecule has 2 aromatic carbocycles. The molecule has 28 heavy (non-hydrogen) atoms. The molecule has 3 rings (SSSR count). The molecule has 2 N–H and O–H groups in total. The molecule has 0 atom stereocenters. The van der Waals surface area contributed by atoms with Gasteiger partial charge in [0.25, 0.3) is 5.91 Å². The summed E-state index contributed by atoms with van der Waals surface area (Å²) < 4.78 is 4.80. The van der Waals surface area contributed by atoms with E-state index < -0.39 is 5.97 Å². The molecule has 0 unspecified atom stereocenters. The van der Waals surface area contributed by atoms with Crippen molar-refractivity contribution in [2.75, 3.05) is 17.7 Å². The number of carbonyl (C=O) groups excluding carboxylic acids is 2. The van der Waals surface area contributed by atoms with E-state index >= 15 is 0 Å². The molecule has 1 heterocycles. The Hall–Kier alpha value is -3.74. The topological polar surface area (TPSA) is 93.2 Å². The van der Waals surface area contributed by atoms with Crippen molar-refractivity contribution in [2.45, 2.75) is 13.8 Å². The lowest BCUT2D eigenvalue weighted by atomic mass is 10.2. The number of nitrogens with zero attached hydrogens (tertiary/aromatic N) is 2. The third-order valence-corrected chi connectivity index (χ3v) is 3.94. The van der Waals surface area contributed by atoms with Crippen LogP contribution < -0.4 is 10.6 Å². The largest absolute Gasteiger partial charge is 0.465 e. The van der Waals surface area contributed by atoms with Gasteiger partial charge in [0.2, 0.25) is 0 Å². The Kier molecular flexibility index (Phi) is 5.64. The van der Waals surface area contributed by atoms with Gasteiger partial charge in [-0.25, -0.2) is 14.8 Å². The molecule has 1 aromatic heterocycles. The van der Waals surface area contributed by atoms with Gasteiger partial charge in [-0.2, -0.15) is 0 Å². The third kappa shape index (κ3) is 4.50. The molecule has 0 radical (unpaired) electrons. The van der Waals surface area contributed by atoms with Gasteiger partial charge in [0.05, 0.1) is 18.4 Å². The molecule has 0 saturated carbocycles. The van der Waals surface area contributed by atoms with Crippen molar-refractivity contribution in [3.63, 3.8) is 0 Å². The summed E-state index contributed by atoms with van der Waals surface area (Å²) in [5.41, 5.74) is 2.84. The van der Waals surface area contributed by atoms with Crippen LogP contribution in [0.25, 0.3) is 0 Å². The van der Waals surface area contributed by atoms with Gasteiger partial charge in [-0.05, 0) is 43.7 Å². The highest BCUT2D eigenvalue weighted by atomic mass is 16.5. The molecule has 142 valence electrons. The van der Waals surface area contributed by atoms with E-state index in [-0.39, 0.29) is 11.6 Å². The molecule has 7 heteroatoms. The van der Waals surface area contributed by atoms with Crippen molar-refractivity contribution in [3.05, 3.63) is 77.2 Å². The minimum atomic E-state index is -0.466. The van der Waals surface area contributed by atoms with Gasteiger partial charge in [-0.3, -0.25) is 4.79 Å². The van der Waals surface area contributed by atoms with Crippen molar-refractivity contribution in [2.24, 2.45) is 0 Å². The number of hydrogen-bond acceptors (Lipinski definition) is 6. The Bertz CT molecular complexity index is 1030. The van der Waals surface area contributed by atoms with Crippen molar-refractivity contribution in [1.82, 2.24) is 9.97 Å². The first-order chi connectivity index (χ1) is 13.5. The van der Waals surface area contributed by atoms with Crippen LogP contribution in [0.5, 0.6) is 0 Å². The molecule has 1 amide bonds. The summed E-state index contributed by atoms with van der Waals surface area (Å²) in [6.07, 6.45) is 0. The summed E-state index contributed by atoms with van der Waals surface area (Å²) in [6.45, 7) is 3.64. The number of rotatable bonds is 5. The van der Waals surface area contributed by atoms with Gasteiger partial charge >= 0.3 is 5.97 Å². The monoisotopic (exact) mass is 376 g/mol. The second-order valence-electron chi connectivity index (χ2n) is 6.17. The standard InChI is InChI=1S/C21H20N4O3/c1-13-7-6-8-15(11-13)24-20(26)18-12-19(23-14(2)22-18)25-17-10-5-4-9-16(17)21(27)28-3/h4-12H,1-3H3,(H,24,26)(H,22,23,25). The van der Waals surface area contributed by atoms with Crippen LogP contribution in [0.1, 0.15) is 32.2 Å². The van der Waals surface area contributed by atoms with Gasteiger partial charge < -0.3 is 15.4 Å². The number of hydrogen-bond donors (Lipinski definition) is 2. The molecule has 7 nitrogen and oxygen atoms in total. The average molecular weight is 376 g/mol. The maximum Gasteiger partial charge on any atom is 0.339 e. The van der Waals surface area contributed by atoms with E-state index in [4.69, 9.17) is 4.74 Å². The summed E-state index contributed by atoms with van der Waals surface area (Å²) in [5, 5.41) is 5.89. The summed E-state index contributed by atoms with van der Waals surface area (Å²) >= 11 is 0. The Morgan fingerprint density at radius 1 is 0.964 bits per heavy atom. The van der Waals surface area contributed by atoms with E-state index in [0.29, 0.717) is 28.6 Å². The molecule has 0 fully saturated rings. The maximum absolute atomic E-state index is 12.6. The number of benzene rings is 2. The van der Waals surface area contributed by atoms with E-state index in [9.17, 15) is 9.59 Å². The highest BCUT2D eigenvalue weighted by Crippen LogP contribution is 2.21. The minimum Gasteiger partial charge on any atom is -0.465 e. The van der Waals surface area contributed by atoms with Gasteiger partial charge in [-0.1, -0.05) is 24.3 Å². The number of amides is 1. The molecule has 0 aliphatic heterocycles. The number of anilines is 3. The van der Waals surface area contributed by atoms with Gasteiger partial charge in [-0.15, -0.1) is 0 Å². The predicted molar refractivity (Wildman–Crippen MR) is 107 cm³/mol. The fourth-order valence-electron chi connectivity index (χ4n) is 2.68. The van der Waals surface area contributed by atoms with Crippen LogP contribution in [0.3, 0.4) is 0 Å². The molecule has 0 aliphatic rings. The first-order valence-electron chi connectivity index (χ1n) is 8.64. The van der Waals surface area contributed by atoms with Crippen LogP contribution in [0.4, 0.5) is 17.2 Å². The van der Waals surface area contributed by atoms with Crippen LogP contribution in [0.2, 0.25) is 0 Å². The third-order valence-electron chi connectivity index (χ3n) is 3.94. The van der Waals surface area contributed by atoms with E-state index in [1.54, 1.807) is 31.2 Å². The van der Waals surface area contributed by atoms with Crippen molar-refractivity contribution >= 4 is 29.1 Å². The normalized spacial score (nSPS) is 10.2. The Balaban J connectivity index is 1.86. The van der Waals surface area contributed by atoms with E-state index in [0.717, 1.165) is 5.56 Å². The summed E-state index contributed by atoms with van der Waals surface area (Å²) in [5.74, 6) is 0.0138. The van der Waals surface area contributed by atoms with E-state index in [1.807, 2.05) is 31.2 Å². The van der Waals surface area contributed by atoms with Crippen LogP contribution in [-0.4, -0.2) is 29.0 Å². The molecule has 0 spiro atoms. The zero-order valence-corrected chi connectivity index (χ0v) is 15.8. The van der Waals surface area contributed by atoms with Crippen LogP contribution in [0, 0.1) is 13.8 Å². The van der Waals surface area contributed by atoms with Crippen LogP contribution in [0.15, 0.2) is 54.6 Å². The fourth-order valence-corrected chi connectivity index (χ4v) is 2.68. The quantitative estimate of drug-likeness (QED) is 0.657. The lowest BCUT2D eigenvalue weighted by Crippen LogP contribution is -2.15. The predicted octanol–water partition coefficient (Wildman–Crippen LogP) is 3.88. The fraction of sp³-hybridized carbons (Fsp3) is 0.143. The molecule has 3 aromatic rings. The number of methoxy groups -OCH3 is 1. The van der Waals surface area contributed by atoms with Crippen molar-refractivity contribution in [1.29, 1.82) is 0 Å². The number of aromatic nitrogens is 2. The second kappa shape index (κ2) is 8.30. The van der Waals surface area contributed by atoms with Gasteiger partial charge in [0.1, 0.15) is 17.3 Å². The van der Waals surface area contributed by atoms with Gasteiger partial charge in [0, 0.05) is 11.8 Å². The summed E-state index contributed by atoms with van der Waals surface area (Å²) in [4.78, 5) is 33.1. The molecule has 0 saturated heterocycles. The Labute approximate surface area is 162 Å². The van der Waals surface area contributed by atoms with Crippen molar-refractivity contribution in [3.8, 4) is 0 Å². The number of nitrogens with one attached hydrogen (secondary N) is 2. The lowest BCUT2D eigenvalue weighted by Gasteiger charge is -2.12.